The molecule has 0 spiro atoms. The summed E-state index contributed by atoms with van der Waals surface area (Å²) in [6.45, 7) is 0. The maximum Gasteiger partial charge on any atom is 0.323 e. The van der Waals surface area contributed by atoms with Gasteiger partial charge in [-0.3, -0.25) is 0 Å². The zero-order valence-corrected chi connectivity index (χ0v) is 10.5. The minimum absolute atomic E-state index is 0.361. The first-order valence-corrected chi connectivity index (χ1v) is 5.81. The van der Waals surface area contributed by atoms with E-state index in [-0.39, 0.29) is 0 Å². The molecule has 4 nitrogen and oxygen atoms in total. The largest absolute Gasteiger partial charge is 0.397 e. The molecule has 2 amide bonds. The van der Waals surface area contributed by atoms with Crippen molar-refractivity contribution in [3.05, 3.63) is 53.3 Å². The van der Waals surface area contributed by atoms with Crippen molar-refractivity contribution < 1.29 is 9.18 Å². The Bertz CT molecular complexity index is 619. The molecule has 0 aliphatic carbocycles. The number of anilines is 3. The molecule has 0 saturated carbocycles. The van der Waals surface area contributed by atoms with E-state index in [9.17, 15) is 9.18 Å². The number of benzene rings is 2. The van der Waals surface area contributed by atoms with Gasteiger partial charge in [-0.25, -0.2) is 9.18 Å². The number of hydrogen-bond donors (Lipinski definition) is 3. The normalized spacial score (nSPS) is 10.0. The molecule has 19 heavy (non-hydrogen) atoms. The van der Waals surface area contributed by atoms with Crippen molar-refractivity contribution in [1.82, 2.24) is 0 Å². The highest BCUT2D eigenvalue weighted by Gasteiger charge is 2.04. The second kappa shape index (κ2) is 5.58. The van der Waals surface area contributed by atoms with E-state index in [1.807, 2.05) is 0 Å². The number of amides is 2. The summed E-state index contributed by atoms with van der Waals surface area (Å²) < 4.78 is 12.9. The van der Waals surface area contributed by atoms with Gasteiger partial charge in [-0.15, -0.1) is 0 Å². The van der Waals surface area contributed by atoms with E-state index < -0.39 is 11.8 Å². The quantitative estimate of drug-likeness (QED) is 0.734. The first kappa shape index (κ1) is 13.2. The summed E-state index contributed by atoms with van der Waals surface area (Å²) in [6.07, 6.45) is 0. The predicted octanol–water partition coefficient (Wildman–Crippen LogP) is 3.71. The van der Waals surface area contributed by atoms with Gasteiger partial charge in [0, 0.05) is 11.4 Å². The number of hydrogen-bond acceptors (Lipinski definition) is 2. The van der Waals surface area contributed by atoms with Crippen molar-refractivity contribution >= 4 is 34.7 Å². The summed E-state index contributed by atoms with van der Waals surface area (Å²) in [5.74, 6) is -0.423. The van der Waals surface area contributed by atoms with E-state index in [0.29, 0.717) is 22.1 Å². The van der Waals surface area contributed by atoms with Gasteiger partial charge in [0.25, 0.3) is 0 Å². The molecule has 0 bridgehead atoms. The van der Waals surface area contributed by atoms with Gasteiger partial charge in [0.2, 0.25) is 0 Å². The topological polar surface area (TPSA) is 67.1 Å². The summed E-state index contributed by atoms with van der Waals surface area (Å²) in [5, 5.41) is 5.48. The van der Waals surface area contributed by atoms with E-state index in [1.165, 1.54) is 24.3 Å². The van der Waals surface area contributed by atoms with Crippen LogP contribution >= 0.6 is 11.6 Å². The Kier molecular flexibility index (Phi) is 3.87. The van der Waals surface area contributed by atoms with Gasteiger partial charge in [0.05, 0.1) is 10.7 Å². The number of rotatable bonds is 2. The number of nitrogens with two attached hydrogens (primary N) is 1. The first-order chi connectivity index (χ1) is 9.04. The second-order valence-electron chi connectivity index (χ2n) is 3.83. The summed E-state index contributed by atoms with van der Waals surface area (Å²) >= 11 is 5.77. The number of carbonyl (C=O) groups excluding carboxylic acids is 1. The van der Waals surface area contributed by atoms with Gasteiger partial charge >= 0.3 is 6.03 Å². The predicted molar refractivity (Wildman–Crippen MR) is 74.9 cm³/mol. The molecule has 0 fully saturated rings. The molecule has 4 N–H and O–H groups in total. The van der Waals surface area contributed by atoms with Gasteiger partial charge < -0.3 is 16.4 Å². The smallest absolute Gasteiger partial charge is 0.323 e. The summed E-state index contributed by atoms with van der Waals surface area (Å²) in [6, 6.07) is 9.84. The highest BCUT2D eigenvalue weighted by Crippen LogP contribution is 2.22. The van der Waals surface area contributed by atoms with Gasteiger partial charge in [-0.2, -0.15) is 0 Å². The van der Waals surface area contributed by atoms with E-state index in [0.717, 1.165) is 0 Å². The summed E-state index contributed by atoms with van der Waals surface area (Å²) in [5.41, 5.74) is 6.84. The molecule has 0 aromatic heterocycles. The van der Waals surface area contributed by atoms with Crippen molar-refractivity contribution in [2.75, 3.05) is 16.4 Å². The first-order valence-electron chi connectivity index (χ1n) is 5.43. The van der Waals surface area contributed by atoms with Crippen LogP contribution in [0.1, 0.15) is 0 Å². The monoisotopic (exact) mass is 279 g/mol. The Balaban J connectivity index is 2.03. The van der Waals surface area contributed by atoms with Crippen LogP contribution in [0.3, 0.4) is 0 Å². The van der Waals surface area contributed by atoms with Crippen LogP contribution < -0.4 is 16.4 Å². The van der Waals surface area contributed by atoms with Crippen LogP contribution in [0.25, 0.3) is 0 Å². The van der Waals surface area contributed by atoms with E-state index in [4.69, 9.17) is 17.3 Å². The Morgan fingerprint density at radius 1 is 1.11 bits per heavy atom. The highest BCUT2D eigenvalue weighted by atomic mass is 35.5. The minimum atomic E-state index is -0.493. The maximum absolute atomic E-state index is 12.9. The lowest BCUT2D eigenvalue weighted by molar-refractivity contribution is 0.262. The number of halogens is 2. The molecule has 0 saturated heterocycles. The molecule has 0 aliphatic rings. The third-order valence-corrected chi connectivity index (χ3v) is 2.68. The van der Waals surface area contributed by atoms with Crippen LogP contribution in [0.15, 0.2) is 42.5 Å². The maximum atomic E-state index is 12.9. The molecule has 0 heterocycles. The lowest BCUT2D eigenvalue weighted by atomic mass is 10.3. The third-order valence-electron chi connectivity index (χ3n) is 2.34. The number of urea groups is 1. The number of nitrogen functional groups attached to an aromatic ring is 1. The van der Waals surface area contributed by atoms with Crippen molar-refractivity contribution in [3.8, 4) is 0 Å². The van der Waals surface area contributed by atoms with Crippen LogP contribution in [-0.2, 0) is 0 Å². The van der Waals surface area contributed by atoms with Crippen LogP contribution in [0.2, 0.25) is 5.02 Å². The zero-order chi connectivity index (χ0) is 13.8. The van der Waals surface area contributed by atoms with Crippen LogP contribution in [0.5, 0.6) is 0 Å². The van der Waals surface area contributed by atoms with E-state index in [1.54, 1.807) is 18.2 Å². The van der Waals surface area contributed by atoms with Gasteiger partial charge in [0.1, 0.15) is 5.82 Å². The van der Waals surface area contributed by atoms with Gasteiger partial charge in [-0.05, 0) is 36.4 Å². The average molecular weight is 280 g/mol. The Labute approximate surface area is 114 Å². The third kappa shape index (κ3) is 3.59. The Morgan fingerprint density at radius 2 is 1.79 bits per heavy atom. The fourth-order valence-electron chi connectivity index (χ4n) is 1.48. The molecule has 0 radical (unpaired) electrons. The SMILES string of the molecule is Nc1cc(NC(=O)Nc2cccc(F)c2)ccc1Cl. The van der Waals surface area contributed by atoms with Crippen molar-refractivity contribution in [2.24, 2.45) is 0 Å². The molecule has 0 atom stereocenters. The highest BCUT2D eigenvalue weighted by molar-refractivity contribution is 6.33. The van der Waals surface area contributed by atoms with Crippen molar-refractivity contribution in [2.45, 2.75) is 0 Å². The van der Waals surface area contributed by atoms with Crippen LogP contribution in [-0.4, -0.2) is 6.03 Å². The fourth-order valence-corrected chi connectivity index (χ4v) is 1.60. The second-order valence-corrected chi connectivity index (χ2v) is 4.23. The number of nitrogens with one attached hydrogen (secondary N) is 2. The van der Waals surface area contributed by atoms with Crippen molar-refractivity contribution in [1.29, 1.82) is 0 Å². The Morgan fingerprint density at radius 3 is 2.42 bits per heavy atom. The molecule has 0 unspecified atom stereocenters. The number of carbonyl (C=O) groups is 1. The van der Waals surface area contributed by atoms with Gasteiger partial charge in [0.15, 0.2) is 0 Å². The molecule has 0 aliphatic heterocycles. The minimum Gasteiger partial charge on any atom is -0.397 e. The van der Waals surface area contributed by atoms with Gasteiger partial charge in [-0.1, -0.05) is 17.7 Å². The standard InChI is InChI=1S/C13H11ClFN3O/c14-11-5-4-10(7-12(11)16)18-13(19)17-9-3-1-2-8(15)6-9/h1-7H,16H2,(H2,17,18,19). The molecule has 2 aromatic carbocycles. The molecule has 2 rings (SSSR count). The van der Waals surface area contributed by atoms with Crippen LogP contribution in [0, 0.1) is 5.82 Å². The van der Waals surface area contributed by atoms with E-state index in [2.05, 4.69) is 10.6 Å². The average Bonchev–Trinajstić information content (AvgIpc) is 2.34. The van der Waals surface area contributed by atoms with Crippen LogP contribution in [0.4, 0.5) is 26.2 Å². The molecular formula is C13H11ClFN3O. The van der Waals surface area contributed by atoms with Crippen molar-refractivity contribution in [3.63, 3.8) is 0 Å². The summed E-state index contributed by atoms with van der Waals surface area (Å²) in [7, 11) is 0. The molecule has 98 valence electrons. The molecular weight excluding hydrogens is 269 g/mol. The fraction of sp³-hybridized carbons (Fsp3) is 0. The lowest BCUT2D eigenvalue weighted by Gasteiger charge is -2.08. The molecule has 6 heteroatoms. The van der Waals surface area contributed by atoms with E-state index >= 15 is 0 Å². The lowest BCUT2D eigenvalue weighted by Crippen LogP contribution is -2.19. The Hall–Kier alpha value is -2.27. The summed E-state index contributed by atoms with van der Waals surface area (Å²) in [4.78, 5) is 11.7. The zero-order valence-electron chi connectivity index (χ0n) is 9.78. The molecule has 2 aromatic rings.